The highest BCUT2D eigenvalue weighted by atomic mass is 127. The summed E-state index contributed by atoms with van der Waals surface area (Å²) < 4.78 is 1.90. The fraction of sp³-hybridized carbons (Fsp3) is 0.333. The van der Waals surface area contributed by atoms with Crippen molar-refractivity contribution in [2.24, 2.45) is 4.99 Å². The number of nitrogens with zero attached hydrogens (tertiary/aromatic N) is 4. The van der Waals surface area contributed by atoms with E-state index in [2.05, 4.69) is 49.3 Å². The first-order valence-electron chi connectivity index (χ1n) is 9.66. The fourth-order valence-corrected chi connectivity index (χ4v) is 4.23. The maximum Gasteiger partial charge on any atom is 0.191 e. The number of halogens is 1. The average Bonchev–Trinajstić information content (AvgIpc) is 3.44. The third-order valence-electron chi connectivity index (χ3n) is 4.99. The molecule has 0 radical (unpaired) electrons. The van der Waals surface area contributed by atoms with Crippen molar-refractivity contribution in [1.29, 1.82) is 0 Å². The van der Waals surface area contributed by atoms with Gasteiger partial charge in [0.05, 0.1) is 16.9 Å². The zero-order valence-electron chi connectivity index (χ0n) is 16.5. The first kappa shape index (κ1) is 21.6. The Morgan fingerprint density at radius 1 is 1.17 bits per heavy atom. The number of anilines is 1. The van der Waals surface area contributed by atoms with Crippen molar-refractivity contribution in [3.05, 3.63) is 65.8 Å². The summed E-state index contributed by atoms with van der Waals surface area (Å²) in [6, 6.07) is 14.9. The van der Waals surface area contributed by atoms with Crippen LogP contribution >= 0.6 is 35.3 Å². The number of thiophene rings is 1. The van der Waals surface area contributed by atoms with E-state index in [-0.39, 0.29) is 24.0 Å². The molecular weight excluding hydrogens is 495 g/mol. The van der Waals surface area contributed by atoms with Crippen molar-refractivity contribution >= 4 is 46.3 Å². The lowest BCUT2D eigenvalue weighted by atomic mass is 10.1. The molecule has 4 rings (SSSR count). The largest absolute Gasteiger partial charge is 0.363 e. The van der Waals surface area contributed by atoms with Crippen molar-refractivity contribution in [2.75, 3.05) is 25.0 Å². The highest BCUT2D eigenvalue weighted by molar-refractivity contribution is 14.0. The highest BCUT2D eigenvalue weighted by Gasteiger charge is 2.20. The number of rotatable bonds is 5. The van der Waals surface area contributed by atoms with Crippen LogP contribution < -0.4 is 15.5 Å². The number of aliphatic imine (C=N–C) groups is 1. The van der Waals surface area contributed by atoms with E-state index < -0.39 is 0 Å². The molecule has 6 nitrogen and oxygen atoms in total. The van der Waals surface area contributed by atoms with Crippen molar-refractivity contribution in [2.45, 2.75) is 25.4 Å². The summed E-state index contributed by atoms with van der Waals surface area (Å²) in [7, 11) is 1.82. The number of benzene rings is 1. The molecule has 3 aromatic rings. The number of nitrogens with one attached hydrogen (secondary N) is 2. The third-order valence-corrected chi connectivity index (χ3v) is 5.92. The van der Waals surface area contributed by atoms with Crippen molar-refractivity contribution < 1.29 is 0 Å². The molecule has 1 aliphatic heterocycles. The van der Waals surface area contributed by atoms with E-state index in [1.54, 1.807) is 0 Å². The second-order valence-corrected chi connectivity index (χ2v) is 7.84. The minimum Gasteiger partial charge on any atom is -0.363 e. The Bertz CT molecular complexity index is 885. The summed E-state index contributed by atoms with van der Waals surface area (Å²) in [5.74, 6) is 0.849. The molecule has 0 saturated carbocycles. The molecule has 8 heteroatoms. The molecule has 2 aromatic heterocycles. The van der Waals surface area contributed by atoms with Gasteiger partial charge in [0, 0.05) is 44.5 Å². The topological polar surface area (TPSA) is 57.5 Å². The zero-order valence-corrected chi connectivity index (χ0v) is 19.6. The molecule has 0 amide bonds. The maximum atomic E-state index is 4.45. The molecular formula is C21H27IN6S. The quantitative estimate of drug-likeness (QED) is 0.304. The van der Waals surface area contributed by atoms with Crippen molar-refractivity contribution in [3.63, 3.8) is 0 Å². The van der Waals surface area contributed by atoms with E-state index in [1.807, 2.05) is 59.6 Å². The minimum atomic E-state index is 0. The number of hydrogen-bond donors (Lipinski definition) is 2. The molecule has 1 aromatic carbocycles. The first-order chi connectivity index (χ1) is 13.8. The van der Waals surface area contributed by atoms with E-state index in [1.165, 1.54) is 5.00 Å². The number of guanidine groups is 1. The van der Waals surface area contributed by atoms with Gasteiger partial charge in [-0.25, -0.2) is 4.68 Å². The van der Waals surface area contributed by atoms with Gasteiger partial charge in [-0.15, -0.1) is 35.3 Å². The summed E-state index contributed by atoms with van der Waals surface area (Å²) >= 11 is 1.82. The van der Waals surface area contributed by atoms with Crippen LogP contribution in [0, 0.1) is 0 Å². The van der Waals surface area contributed by atoms with E-state index in [0.29, 0.717) is 12.6 Å². The summed E-state index contributed by atoms with van der Waals surface area (Å²) in [4.78, 5) is 6.86. The van der Waals surface area contributed by atoms with Crippen LogP contribution in [0.1, 0.15) is 18.4 Å². The van der Waals surface area contributed by atoms with Crippen LogP contribution in [-0.2, 0) is 6.54 Å². The average molecular weight is 522 g/mol. The second-order valence-electron chi connectivity index (χ2n) is 6.91. The molecule has 0 unspecified atom stereocenters. The maximum absolute atomic E-state index is 4.45. The lowest BCUT2D eigenvalue weighted by molar-refractivity contribution is 0.463. The van der Waals surface area contributed by atoms with Gasteiger partial charge in [-0.05, 0) is 42.5 Å². The highest BCUT2D eigenvalue weighted by Crippen LogP contribution is 2.24. The molecule has 0 spiro atoms. The van der Waals surface area contributed by atoms with E-state index in [0.717, 1.165) is 43.1 Å². The third kappa shape index (κ3) is 5.72. The molecule has 0 atom stereocenters. The predicted molar refractivity (Wildman–Crippen MR) is 132 cm³/mol. The van der Waals surface area contributed by atoms with E-state index in [9.17, 15) is 0 Å². The fourth-order valence-electron chi connectivity index (χ4n) is 3.44. The first-order valence-corrected chi connectivity index (χ1v) is 10.5. The van der Waals surface area contributed by atoms with Gasteiger partial charge >= 0.3 is 0 Å². The smallest absolute Gasteiger partial charge is 0.191 e. The van der Waals surface area contributed by atoms with Crippen LogP contribution in [0.3, 0.4) is 0 Å². The normalized spacial score (nSPS) is 15.1. The zero-order chi connectivity index (χ0) is 19.2. The van der Waals surface area contributed by atoms with Gasteiger partial charge in [-0.3, -0.25) is 4.99 Å². The molecule has 1 saturated heterocycles. The van der Waals surface area contributed by atoms with Crippen LogP contribution in [0.5, 0.6) is 0 Å². The Balaban J connectivity index is 0.00000240. The number of para-hydroxylation sites is 1. The second kappa shape index (κ2) is 10.6. The van der Waals surface area contributed by atoms with Crippen LogP contribution in [-0.4, -0.2) is 41.9 Å². The van der Waals surface area contributed by atoms with Crippen LogP contribution in [0.15, 0.2) is 65.2 Å². The van der Waals surface area contributed by atoms with Crippen LogP contribution in [0.4, 0.5) is 5.00 Å². The van der Waals surface area contributed by atoms with Crippen LogP contribution in [0.25, 0.3) is 5.69 Å². The Morgan fingerprint density at radius 2 is 1.97 bits per heavy atom. The number of piperidine rings is 1. The molecule has 0 bridgehead atoms. The molecule has 0 aliphatic carbocycles. The number of hydrogen-bond acceptors (Lipinski definition) is 4. The van der Waals surface area contributed by atoms with Gasteiger partial charge in [0.1, 0.15) is 0 Å². The van der Waals surface area contributed by atoms with Gasteiger partial charge < -0.3 is 15.5 Å². The standard InChI is InChI=1S/C21H26N6S.HI/c1-22-21(25-18-9-11-26(12-10-18)20-8-5-13-28-20)23-14-17-15-24-27(16-17)19-6-3-2-4-7-19;/h2-8,13,15-16,18H,9-12,14H2,1H3,(H2,22,23,25);1H. The van der Waals surface area contributed by atoms with Gasteiger partial charge in [-0.1, -0.05) is 18.2 Å². The summed E-state index contributed by atoms with van der Waals surface area (Å²) in [6.07, 6.45) is 6.18. The Labute approximate surface area is 193 Å². The van der Waals surface area contributed by atoms with Crippen molar-refractivity contribution in [3.8, 4) is 5.69 Å². The lowest BCUT2D eigenvalue weighted by Gasteiger charge is -2.33. The predicted octanol–water partition coefficient (Wildman–Crippen LogP) is 3.89. The molecule has 1 aliphatic rings. The van der Waals surface area contributed by atoms with Gasteiger partial charge in [-0.2, -0.15) is 5.10 Å². The molecule has 2 N–H and O–H groups in total. The molecule has 29 heavy (non-hydrogen) atoms. The summed E-state index contributed by atoms with van der Waals surface area (Å²) in [5.41, 5.74) is 2.19. The van der Waals surface area contributed by atoms with Gasteiger partial charge in [0.25, 0.3) is 0 Å². The van der Waals surface area contributed by atoms with E-state index >= 15 is 0 Å². The number of aromatic nitrogens is 2. The summed E-state index contributed by atoms with van der Waals surface area (Å²) in [5, 5.41) is 14.9. The van der Waals surface area contributed by atoms with Crippen molar-refractivity contribution in [1.82, 2.24) is 20.4 Å². The lowest BCUT2D eigenvalue weighted by Crippen LogP contribution is -2.48. The Kier molecular flexibility index (Phi) is 7.93. The van der Waals surface area contributed by atoms with Gasteiger partial charge in [0.15, 0.2) is 5.96 Å². The Morgan fingerprint density at radius 3 is 2.66 bits per heavy atom. The van der Waals surface area contributed by atoms with Gasteiger partial charge in [0.2, 0.25) is 0 Å². The molecule has 3 heterocycles. The molecule has 1 fully saturated rings. The van der Waals surface area contributed by atoms with Crippen LogP contribution in [0.2, 0.25) is 0 Å². The minimum absolute atomic E-state index is 0. The summed E-state index contributed by atoms with van der Waals surface area (Å²) in [6.45, 7) is 2.86. The monoisotopic (exact) mass is 522 g/mol. The Hall–Kier alpha value is -2.07. The molecule has 154 valence electrons. The SMILES string of the molecule is CN=C(NCc1cnn(-c2ccccc2)c1)NC1CCN(c2cccs2)CC1.I. The van der Waals surface area contributed by atoms with E-state index in [4.69, 9.17) is 0 Å².